The molecule has 0 atom stereocenters. The van der Waals surface area contributed by atoms with Gasteiger partial charge in [-0.25, -0.2) is 9.59 Å². The number of hydrogen-bond donors (Lipinski definition) is 2. The number of isocyanates is 2. The highest BCUT2D eigenvalue weighted by Gasteiger charge is 2.13. The zero-order valence-corrected chi connectivity index (χ0v) is 4.37. The van der Waals surface area contributed by atoms with Crippen LogP contribution in [0.25, 0.3) is 0 Å². The van der Waals surface area contributed by atoms with Crippen LogP contribution >= 0.6 is 0 Å². The Kier molecular flexibility index (Phi) is 2.44. The molecule has 0 aromatic carbocycles. The molecule has 0 bridgehead atoms. The highest BCUT2D eigenvalue weighted by Crippen LogP contribution is 1.88. The summed E-state index contributed by atoms with van der Waals surface area (Å²) in [6.45, 7) is 0. The predicted octanol–water partition coefficient (Wildman–Crippen LogP) is -1.81. The molecular weight excluding hydrogens is 124 g/mol. The topological polar surface area (TPSA) is 111 Å². The van der Waals surface area contributed by atoms with Crippen molar-refractivity contribution in [2.24, 2.45) is 21.5 Å². The zero-order valence-electron chi connectivity index (χ0n) is 4.37. The van der Waals surface area contributed by atoms with Gasteiger partial charge in [-0.1, -0.05) is 0 Å². The van der Waals surface area contributed by atoms with Crippen LogP contribution in [0.2, 0.25) is 0 Å². The molecule has 0 radical (unpaired) electrons. The molecule has 0 aliphatic rings. The summed E-state index contributed by atoms with van der Waals surface area (Å²) in [7, 11) is 0. The van der Waals surface area contributed by atoms with Crippen molar-refractivity contribution in [3.8, 4) is 0 Å². The van der Waals surface area contributed by atoms with E-state index < -0.39 is 5.91 Å². The standard InChI is InChI=1S/C3H4N4O2/c4-3(5,6-1-8)7-2-9/h4-5H2. The second-order valence-corrected chi connectivity index (χ2v) is 1.19. The van der Waals surface area contributed by atoms with Gasteiger partial charge in [-0.2, -0.15) is 0 Å². The van der Waals surface area contributed by atoms with Crippen LogP contribution in [-0.2, 0) is 9.59 Å². The average molecular weight is 128 g/mol. The maximum atomic E-state index is 9.45. The lowest BCUT2D eigenvalue weighted by atomic mass is 10.7. The second-order valence-electron chi connectivity index (χ2n) is 1.19. The highest BCUT2D eigenvalue weighted by molar-refractivity contribution is 5.37. The first-order valence-electron chi connectivity index (χ1n) is 1.88. The minimum Gasteiger partial charge on any atom is -0.274 e. The normalized spacial score (nSPS) is 9.11. The van der Waals surface area contributed by atoms with Gasteiger partial charge in [-0.3, -0.25) is 11.5 Å². The SMILES string of the molecule is NC(N)(N=C=O)N=C=O. The molecule has 0 unspecified atom stereocenters. The van der Waals surface area contributed by atoms with E-state index in [0.29, 0.717) is 0 Å². The van der Waals surface area contributed by atoms with E-state index in [1.165, 1.54) is 0 Å². The molecule has 6 heteroatoms. The summed E-state index contributed by atoms with van der Waals surface area (Å²) in [5, 5.41) is 0. The Morgan fingerprint density at radius 3 is 1.67 bits per heavy atom. The van der Waals surface area contributed by atoms with Gasteiger partial charge in [0.05, 0.1) is 0 Å². The number of rotatable bonds is 2. The second kappa shape index (κ2) is 2.86. The van der Waals surface area contributed by atoms with E-state index in [2.05, 4.69) is 9.98 Å². The number of carbonyl (C=O) groups excluding carboxylic acids is 2. The maximum Gasteiger partial charge on any atom is 0.281 e. The molecule has 0 aliphatic heterocycles. The van der Waals surface area contributed by atoms with Gasteiger partial charge in [0.25, 0.3) is 5.91 Å². The van der Waals surface area contributed by atoms with Crippen molar-refractivity contribution in [1.29, 1.82) is 0 Å². The number of nitrogens with zero attached hydrogens (tertiary/aromatic N) is 2. The quantitative estimate of drug-likeness (QED) is 0.259. The molecule has 0 heterocycles. The molecule has 9 heavy (non-hydrogen) atoms. The molecule has 48 valence electrons. The fourth-order valence-corrected chi connectivity index (χ4v) is 0.171. The Morgan fingerprint density at radius 1 is 1.11 bits per heavy atom. The molecule has 0 saturated carbocycles. The molecule has 4 N–H and O–H groups in total. The molecule has 0 aliphatic carbocycles. The van der Waals surface area contributed by atoms with Gasteiger partial charge < -0.3 is 0 Å². The number of aliphatic imine (C=N–C) groups is 2. The van der Waals surface area contributed by atoms with Gasteiger partial charge in [0.1, 0.15) is 0 Å². The van der Waals surface area contributed by atoms with Gasteiger partial charge in [0, 0.05) is 0 Å². The summed E-state index contributed by atoms with van der Waals surface area (Å²) < 4.78 is 0. The van der Waals surface area contributed by atoms with Crippen LogP contribution in [0.4, 0.5) is 0 Å². The third-order valence-corrected chi connectivity index (χ3v) is 0.449. The van der Waals surface area contributed by atoms with E-state index in [4.69, 9.17) is 11.5 Å². The fourth-order valence-electron chi connectivity index (χ4n) is 0.171. The van der Waals surface area contributed by atoms with Crippen molar-refractivity contribution in [1.82, 2.24) is 0 Å². The minimum atomic E-state index is -2.00. The summed E-state index contributed by atoms with van der Waals surface area (Å²) in [5.74, 6) is -2.00. The van der Waals surface area contributed by atoms with E-state index in [9.17, 15) is 9.59 Å². The van der Waals surface area contributed by atoms with Crippen molar-refractivity contribution in [3.05, 3.63) is 0 Å². The first-order chi connectivity index (χ1) is 4.12. The smallest absolute Gasteiger partial charge is 0.274 e. The van der Waals surface area contributed by atoms with Crippen LogP contribution in [0.3, 0.4) is 0 Å². The van der Waals surface area contributed by atoms with Crippen molar-refractivity contribution >= 4 is 12.2 Å². The number of nitrogens with two attached hydrogens (primary N) is 2. The van der Waals surface area contributed by atoms with E-state index in [1.54, 1.807) is 0 Å². The van der Waals surface area contributed by atoms with Gasteiger partial charge in [0.2, 0.25) is 12.2 Å². The van der Waals surface area contributed by atoms with Crippen molar-refractivity contribution < 1.29 is 9.59 Å². The average Bonchev–Trinajstić information content (AvgIpc) is 1.64. The molecule has 0 rings (SSSR count). The Balaban J connectivity index is 4.36. The van der Waals surface area contributed by atoms with E-state index in [-0.39, 0.29) is 0 Å². The van der Waals surface area contributed by atoms with Gasteiger partial charge in [-0.15, -0.1) is 9.98 Å². The molecule has 0 saturated heterocycles. The molecule has 6 nitrogen and oxygen atoms in total. The van der Waals surface area contributed by atoms with E-state index >= 15 is 0 Å². The lowest BCUT2D eigenvalue weighted by Crippen LogP contribution is -2.45. The lowest BCUT2D eigenvalue weighted by Gasteiger charge is -2.05. The van der Waals surface area contributed by atoms with Crippen molar-refractivity contribution in [2.75, 3.05) is 0 Å². The van der Waals surface area contributed by atoms with Crippen LogP contribution in [0.5, 0.6) is 0 Å². The molecular formula is C3H4N4O2. The molecule has 0 aromatic heterocycles. The van der Waals surface area contributed by atoms with E-state index in [1.807, 2.05) is 0 Å². The monoisotopic (exact) mass is 128 g/mol. The summed E-state index contributed by atoms with van der Waals surface area (Å²) in [6, 6.07) is 0. The van der Waals surface area contributed by atoms with Gasteiger partial charge in [-0.05, 0) is 0 Å². The Bertz CT molecular complexity index is 166. The van der Waals surface area contributed by atoms with Crippen molar-refractivity contribution in [2.45, 2.75) is 5.91 Å². The summed E-state index contributed by atoms with van der Waals surface area (Å²) in [6.07, 6.45) is 2.09. The van der Waals surface area contributed by atoms with Crippen LogP contribution < -0.4 is 11.5 Å². The summed E-state index contributed by atoms with van der Waals surface area (Å²) in [5.41, 5.74) is 9.71. The molecule has 0 spiro atoms. The third-order valence-electron chi connectivity index (χ3n) is 0.449. The first-order valence-corrected chi connectivity index (χ1v) is 1.88. The molecule has 0 fully saturated rings. The Hall–Kier alpha value is -1.32. The zero-order chi connectivity index (χ0) is 7.33. The third kappa shape index (κ3) is 3.28. The highest BCUT2D eigenvalue weighted by atomic mass is 16.1. The van der Waals surface area contributed by atoms with Crippen LogP contribution in [0.1, 0.15) is 0 Å². The lowest BCUT2D eigenvalue weighted by molar-refractivity contribution is 0.469. The Labute approximate surface area is 50.3 Å². The maximum absolute atomic E-state index is 9.45. The first kappa shape index (κ1) is 7.68. The van der Waals surface area contributed by atoms with E-state index in [0.717, 1.165) is 12.2 Å². The minimum absolute atomic E-state index is 1.05. The molecule has 0 aromatic rings. The summed E-state index contributed by atoms with van der Waals surface area (Å²) in [4.78, 5) is 24.4. The predicted molar refractivity (Wildman–Crippen MR) is 27.3 cm³/mol. The van der Waals surface area contributed by atoms with Crippen LogP contribution in [0.15, 0.2) is 9.98 Å². The Morgan fingerprint density at radius 2 is 1.44 bits per heavy atom. The van der Waals surface area contributed by atoms with Crippen LogP contribution in [0, 0.1) is 0 Å². The van der Waals surface area contributed by atoms with Crippen molar-refractivity contribution in [3.63, 3.8) is 0 Å². The fraction of sp³-hybridized carbons (Fsp3) is 0.333. The largest absolute Gasteiger partial charge is 0.281 e. The molecule has 0 amide bonds. The number of hydrogen-bond acceptors (Lipinski definition) is 6. The van der Waals surface area contributed by atoms with Gasteiger partial charge in [0.15, 0.2) is 0 Å². The van der Waals surface area contributed by atoms with Gasteiger partial charge >= 0.3 is 0 Å². The summed E-state index contributed by atoms with van der Waals surface area (Å²) >= 11 is 0. The van der Waals surface area contributed by atoms with Crippen LogP contribution in [-0.4, -0.2) is 18.1 Å².